The number of alkyl carbamates (subject to hydrolysis) is 1. The zero-order valence-electron chi connectivity index (χ0n) is 15.2. The molecule has 0 aromatic rings. The first-order valence-corrected chi connectivity index (χ1v) is 8.34. The second-order valence-corrected chi connectivity index (χ2v) is 7.38. The van der Waals surface area contributed by atoms with Gasteiger partial charge in [0.05, 0.1) is 6.61 Å². The average molecular weight is 454 g/mol. The lowest BCUT2D eigenvalue weighted by Gasteiger charge is -2.25. The van der Waals surface area contributed by atoms with Crippen LogP contribution in [-0.4, -0.2) is 69.0 Å². The number of carbonyl (C=O) groups excluding carboxylic acids is 1. The fraction of sp³-hybridized carbons (Fsp3) is 0.875. The number of nitrogens with one attached hydrogen (secondary N) is 2. The van der Waals surface area contributed by atoms with E-state index in [0.29, 0.717) is 18.5 Å². The lowest BCUT2D eigenvalue weighted by Crippen LogP contribution is -2.44. The van der Waals surface area contributed by atoms with Crippen molar-refractivity contribution in [1.82, 2.24) is 15.5 Å². The maximum absolute atomic E-state index is 11.6. The highest BCUT2D eigenvalue weighted by Crippen LogP contribution is 2.38. The van der Waals surface area contributed by atoms with Gasteiger partial charge in [-0.2, -0.15) is 0 Å². The summed E-state index contributed by atoms with van der Waals surface area (Å²) < 4.78 is 10.8. The van der Waals surface area contributed by atoms with Crippen molar-refractivity contribution in [3.8, 4) is 0 Å². The van der Waals surface area contributed by atoms with Crippen LogP contribution in [0.25, 0.3) is 0 Å². The van der Waals surface area contributed by atoms with Crippen molar-refractivity contribution in [2.45, 2.75) is 39.2 Å². The van der Waals surface area contributed by atoms with Gasteiger partial charge < -0.3 is 25.0 Å². The molecule has 2 saturated heterocycles. The average Bonchev–Trinajstić information content (AvgIpc) is 3.08. The van der Waals surface area contributed by atoms with Gasteiger partial charge in [0.1, 0.15) is 5.60 Å². The zero-order chi connectivity index (χ0) is 16.9. The number of ether oxygens (including phenoxy) is 2. The molecule has 2 aliphatic heterocycles. The fourth-order valence-electron chi connectivity index (χ4n) is 3.07. The Morgan fingerprint density at radius 1 is 1.29 bits per heavy atom. The minimum atomic E-state index is -0.471. The van der Waals surface area contributed by atoms with Crippen molar-refractivity contribution in [1.29, 1.82) is 0 Å². The Bertz CT molecular complexity index is 445. The first-order chi connectivity index (χ1) is 10.8. The lowest BCUT2D eigenvalue weighted by molar-refractivity contribution is 0.0529. The summed E-state index contributed by atoms with van der Waals surface area (Å²) >= 11 is 0. The van der Waals surface area contributed by atoms with Gasteiger partial charge in [-0.05, 0) is 33.6 Å². The molecule has 140 valence electrons. The Morgan fingerprint density at radius 2 is 2.00 bits per heavy atom. The second-order valence-electron chi connectivity index (χ2n) is 7.38. The highest BCUT2D eigenvalue weighted by Gasteiger charge is 2.42. The fourth-order valence-corrected chi connectivity index (χ4v) is 3.07. The van der Waals surface area contributed by atoms with Crippen LogP contribution in [0.3, 0.4) is 0 Å². The summed E-state index contributed by atoms with van der Waals surface area (Å²) in [5.74, 6) is 0.889. The van der Waals surface area contributed by atoms with Crippen molar-refractivity contribution in [3.63, 3.8) is 0 Å². The summed E-state index contributed by atoms with van der Waals surface area (Å²) in [5.41, 5.74) is -0.160. The third kappa shape index (κ3) is 6.27. The van der Waals surface area contributed by atoms with E-state index in [0.717, 1.165) is 45.1 Å². The smallest absolute Gasteiger partial charge is 0.407 e. The lowest BCUT2D eigenvalue weighted by atomic mass is 9.87. The Balaban J connectivity index is 0.00000288. The molecule has 0 saturated carbocycles. The highest BCUT2D eigenvalue weighted by molar-refractivity contribution is 14.0. The minimum absolute atomic E-state index is 0. The number of aliphatic imine (C=N–C) groups is 1. The molecular weight excluding hydrogens is 423 g/mol. The van der Waals surface area contributed by atoms with Gasteiger partial charge in [-0.15, -0.1) is 24.0 Å². The molecule has 0 aromatic carbocycles. The van der Waals surface area contributed by atoms with E-state index < -0.39 is 11.7 Å². The van der Waals surface area contributed by atoms with Gasteiger partial charge in [0, 0.05) is 45.2 Å². The number of nitrogens with zero attached hydrogens (tertiary/aromatic N) is 2. The zero-order valence-corrected chi connectivity index (χ0v) is 17.5. The minimum Gasteiger partial charge on any atom is -0.444 e. The number of hydrogen-bond donors (Lipinski definition) is 2. The number of guanidine groups is 1. The number of rotatable bonds is 3. The van der Waals surface area contributed by atoms with E-state index in [1.165, 1.54) is 0 Å². The number of hydrogen-bond acceptors (Lipinski definition) is 4. The Labute approximate surface area is 161 Å². The molecule has 2 N–H and O–H groups in total. The third-order valence-electron chi connectivity index (χ3n) is 4.21. The molecular formula is C16H31IN4O3. The predicted octanol–water partition coefficient (Wildman–Crippen LogP) is 1.82. The molecule has 1 unspecified atom stereocenters. The first kappa shape index (κ1) is 21.3. The topological polar surface area (TPSA) is 75.2 Å². The van der Waals surface area contributed by atoms with E-state index in [1.807, 2.05) is 20.8 Å². The number of likely N-dealkylation sites (tertiary alicyclic amines) is 1. The summed E-state index contributed by atoms with van der Waals surface area (Å²) in [5, 5.41) is 6.04. The molecule has 2 fully saturated rings. The highest BCUT2D eigenvalue weighted by atomic mass is 127. The van der Waals surface area contributed by atoms with Gasteiger partial charge >= 0.3 is 6.09 Å². The van der Waals surface area contributed by atoms with Crippen molar-refractivity contribution >= 4 is 36.0 Å². The van der Waals surface area contributed by atoms with Crippen molar-refractivity contribution in [2.24, 2.45) is 10.4 Å². The summed E-state index contributed by atoms with van der Waals surface area (Å²) in [4.78, 5) is 18.2. The monoisotopic (exact) mass is 454 g/mol. The molecule has 0 bridgehead atoms. The Kier molecular flexibility index (Phi) is 8.04. The van der Waals surface area contributed by atoms with E-state index in [-0.39, 0.29) is 24.0 Å². The molecule has 1 amide bonds. The molecule has 2 rings (SSSR count). The molecule has 24 heavy (non-hydrogen) atoms. The summed E-state index contributed by atoms with van der Waals surface area (Å²) in [6.45, 7) is 10.4. The Morgan fingerprint density at radius 3 is 2.58 bits per heavy atom. The van der Waals surface area contributed by atoms with E-state index in [4.69, 9.17) is 9.47 Å². The molecule has 0 aromatic heterocycles. The van der Waals surface area contributed by atoms with Crippen LogP contribution in [0, 0.1) is 5.41 Å². The standard InChI is InChI=1S/C16H30N4O3.HI/c1-15(2,3)23-14(21)19-8-7-18-13(17-4)20-9-5-16(11-20)6-10-22-12-16;/h5-12H2,1-4H3,(H,17,18)(H,19,21);1H. The Hall–Kier alpha value is -0.770. The number of carbonyl (C=O) groups is 1. The van der Waals surface area contributed by atoms with E-state index in [1.54, 1.807) is 7.05 Å². The van der Waals surface area contributed by atoms with Gasteiger partial charge in [0.25, 0.3) is 0 Å². The largest absolute Gasteiger partial charge is 0.444 e. The molecule has 0 aliphatic carbocycles. The molecule has 0 radical (unpaired) electrons. The number of halogens is 1. The third-order valence-corrected chi connectivity index (χ3v) is 4.21. The summed E-state index contributed by atoms with van der Waals surface area (Å²) in [7, 11) is 1.79. The summed E-state index contributed by atoms with van der Waals surface area (Å²) in [6.07, 6.45) is 1.90. The van der Waals surface area contributed by atoms with Crippen LogP contribution in [0.15, 0.2) is 4.99 Å². The van der Waals surface area contributed by atoms with Crippen molar-refractivity contribution < 1.29 is 14.3 Å². The molecule has 1 atom stereocenters. The van der Waals surface area contributed by atoms with Crippen LogP contribution in [0.1, 0.15) is 33.6 Å². The van der Waals surface area contributed by atoms with Gasteiger partial charge in [-0.25, -0.2) is 4.79 Å². The van der Waals surface area contributed by atoms with E-state index in [9.17, 15) is 4.79 Å². The van der Waals surface area contributed by atoms with Gasteiger partial charge in [-0.1, -0.05) is 0 Å². The first-order valence-electron chi connectivity index (χ1n) is 8.34. The van der Waals surface area contributed by atoms with Crippen LogP contribution in [0.5, 0.6) is 0 Å². The van der Waals surface area contributed by atoms with Crippen LogP contribution in [0.2, 0.25) is 0 Å². The van der Waals surface area contributed by atoms with E-state index >= 15 is 0 Å². The second kappa shape index (κ2) is 9.07. The van der Waals surface area contributed by atoms with Crippen LogP contribution < -0.4 is 10.6 Å². The van der Waals surface area contributed by atoms with Crippen molar-refractivity contribution in [3.05, 3.63) is 0 Å². The van der Waals surface area contributed by atoms with Crippen LogP contribution in [0.4, 0.5) is 4.79 Å². The SMILES string of the molecule is CN=C(NCCNC(=O)OC(C)(C)C)N1CCC2(CCOC2)C1.I. The van der Waals surface area contributed by atoms with Gasteiger partial charge in [0.15, 0.2) is 5.96 Å². The molecule has 7 nitrogen and oxygen atoms in total. The maximum atomic E-state index is 11.6. The number of amides is 1. The molecule has 2 aliphatic rings. The van der Waals surface area contributed by atoms with Crippen molar-refractivity contribution in [2.75, 3.05) is 46.4 Å². The van der Waals surface area contributed by atoms with E-state index in [2.05, 4.69) is 20.5 Å². The summed E-state index contributed by atoms with van der Waals surface area (Å²) in [6, 6.07) is 0. The quantitative estimate of drug-likeness (QED) is 0.295. The van der Waals surface area contributed by atoms with Gasteiger partial charge in [0.2, 0.25) is 0 Å². The molecule has 2 heterocycles. The van der Waals surface area contributed by atoms with Crippen LogP contribution in [-0.2, 0) is 9.47 Å². The normalized spacial score (nSPS) is 24.0. The maximum Gasteiger partial charge on any atom is 0.407 e. The molecule has 8 heteroatoms. The van der Waals surface area contributed by atoms with Gasteiger partial charge in [-0.3, -0.25) is 4.99 Å². The van der Waals surface area contributed by atoms with Crippen LogP contribution >= 0.6 is 24.0 Å². The predicted molar refractivity (Wildman–Crippen MR) is 105 cm³/mol. The molecule has 1 spiro atoms.